The van der Waals surface area contributed by atoms with Crippen molar-refractivity contribution < 1.29 is 9.47 Å². The first-order chi connectivity index (χ1) is 16.4. The molecule has 2 aliphatic heterocycles. The minimum absolute atomic E-state index is 0.634. The van der Waals surface area contributed by atoms with E-state index in [1.165, 1.54) is 22.4 Å². The van der Waals surface area contributed by atoms with E-state index in [9.17, 15) is 0 Å². The summed E-state index contributed by atoms with van der Waals surface area (Å²) in [5.74, 6) is 1.51. The minimum Gasteiger partial charge on any atom is -0.378 e. The first kappa shape index (κ1) is 21.6. The molecule has 0 spiro atoms. The van der Waals surface area contributed by atoms with Crippen molar-refractivity contribution in [1.82, 2.24) is 15.1 Å². The van der Waals surface area contributed by atoms with E-state index >= 15 is 0 Å². The van der Waals surface area contributed by atoms with Crippen LogP contribution in [0.5, 0.6) is 0 Å². The van der Waals surface area contributed by atoms with Gasteiger partial charge >= 0.3 is 0 Å². The van der Waals surface area contributed by atoms with Crippen molar-refractivity contribution in [2.75, 3.05) is 62.9 Å². The molecule has 33 heavy (non-hydrogen) atoms. The van der Waals surface area contributed by atoms with Gasteiger partial charge in [0, 0.05) is 31.9 Å². The fourth-order valence-corrected chi connectivity index (χ4v) is 4.44. The molecule has 0 amide bonds. The maximum absolute atomic E-state index is 5.59. The van der Waals surface area contributed by atoms with E-state index < -0.39 is 0 Å². The third-order valence-corrected chi connectivity index (χ3v) is 6.12. The highest BCUT2D eigenvalue weighted by atomic mass is 16.5. The molecule has 2 fully saturated rings. The number of hydrogen-bond acceptors (Lipinski definition) is 8. The van der Waals surface area contributed by atoms with E-state index in [0.29, 0.717) is 5.82 Å². The summed E-state index contributed by atoms with van der Waals surface area (Å²) >= 11 is 0. The molecule has 1 aromatic carbocycles. The molecule has 1 N–H and O–H groups in total. The fourth-order valence-electron chi connectivity index (χ4n) is 4.44. The van der Waals surface area contributed by atoms with Crippen LogP contribution in [0.2, 0.25) is 0 Å². The molecule has 8 heteroatoms. The Balaban J connectivity index is 1.31. The summed E-state index contributed by atoms with van der Waals surface area (Å²) in [5, 5.41) is 13.1. The number of hydrogen-bond donors (Lipinski definition) is 1. The third-order valence-electron chi connectivity index (χ3n) is 6.12. The number of rotatable bonds is 6. The van der Waals surface area contributed by atoms with Crippen LogP contribution < -0.4 is 10.3 Å². The van der Waals surface area contributed by atoms with E-state index in [1.807, 2.05) is 18.3 Å². The molecule has 0 bridgehead atoms. The Labute approximate surface area is 194 Å². The summed E-state index contributed by atoms with van der Waals surface area (Å²) < 4.78 is 11.0. The van der Waals surface area contributed by atoms with Gasteiger partial charge in [0.05, 0.1) is 32.6 Å². The highest BCUT2D eigenvalue weighted by molar-refractivity contribution is 5.84. The van der Waals surface area contributed by atoms with Gasteiger partial charge in [-0.15, -0.1) is 10.2 Å². The smallest absolute Gasteiger partial charge is 0.168 e. The Hall–Kier alpha value is -3.23. The van der Waals surface area contributed by atoms with Crippen LogP contribution in [-0.2, 0) is 9.47 Å². The zero-order valence-corrected chi connectivity index (χ0v) is 18.8. The number of hydrazone groups is 1. The van der Waals surface area contributed by atoms with Crippen molar-refractivity contribution in [1.29, 1.82) is 0 Å². The van der Waals surface area contributed by atoms with Crippen LogP contribution in [-0.4, -0.2) is 73.9 Å². The molecule has 1 aliphatic carbocycles. The third kappa shape index (κ3) is 5.40. The van der Waals surface area contributed by atoms with E-state index in [1.54, 1.807) is 0 Å². The Morgan fingerprint density at radius 3 is 2.24 bits per heavy atom. The molecule has 5 rings (SSSR count). The SMILES string of the molecule is C(=NNc1ccc(N2CCOCC2)nn1)C1=C(N2CCOCC2)C(=Cc2ccccc2)CC1. The van der Waals surface area contributed by atoms with Gasteiger partial charge in [-0.05, 0) is 47.8 Å². The van der Waals surface area contributed by atoms with Crippen LogP contribution in [0, 0.1) is 0 Å². The summed E-state index contributed by atoms with van der Waals surface area (Å²) in [6, 6.07) is 14.4. The van der Waals surface area contributed by atoms with Gasteiger partial charge in [-0.25, -0.2) is 0 Å². The average Bonchev–Trinajstić information content (AvgIpc) is 3.28. The van der Waals surface area contributed by atoms with Gasteiger partial charge < -0.3 is 19.3 Å². The quantitative estimate of drug-likeness (QED) is 0.540. The van der Waals surface area contributed by atoms with Crippen molar-refractivity contribution >= 4 is 23.9 Å². The standard InChI is InChI=1S/C25H30N6O2/c1-2-4-20(5-3-1)18-21-6-7-22(25(21)31-12-16-33-17-13-31)19-26-27-23-8-9-24(29-28-23)30-10-14-32-15-11-30/h1-5,8-9,18-19H,6-7,10-17H2,(H,27,28). The monoisotopic (exact) mass is 446 g/mol. The molecule has 0 atom stereocenters. The first-order valence-corrected chi connectivity index (χ1v) is 11.6. The molecular formula is C25H30N6O2. The van der Waals surface area contributed by atoms with E-state index in [4.69, 9.17) is 9.47 Å². The molecule has 0 saturated carbocycles. The van der Waals surface area contributed by atoms with Crippen LogP contribution in [0.15, 0.2) is 64.4 Å². The lowest BCUT2D eigenvalue weighted by molar-refractivity contribution is 0.0548. The highest BCUT2D eigenvalue weighted by Crippen LogP contribution is 2.35. The van der Waals surface area contributed by atoms with Crippen LogP contribution in [0.25, 0.3) is 6.08 Å². The summed E-state index contributed by atoms with van der Waals surface area (Å²) in [7, 11) is 0. The predicted molar refractivity (Wildman–Crippen MR) is 130 cm³/mol. The van der Waals surface area contributed by atoms with Gasteiger partial charge in [0.1, 0.15) is 0 Å². The Kier molecular flexibility index (Phi) is 6.93. The van der Waals surface area contributed by atoms with Crippen molar-refractivity contribution in [3.05, 3.63) is 64.9 Å². The van der Waals surface area contributed by atoms with Gasteiger partial charge in [0.25, 0.3) is 0 Å². The van der Waals surface area contributed by atoms with Crippen molar-refractivity contribution in [2.45, 2.75) is 12.8 Å². The molecule has 172 valence electrons. The summed E-state index contributed by atoms with van der Waals surface area (Å²) in [6.45, 7) is 6.47. The Bertz CT molecular complexity index is 1010. The molecule has 3 heterocycles. The van der Waals surface area contributed by atoms with Gasteiger partial charge in [0.15, 0.2) is 11.6 Å². The first-order valence-electron chi connectivity index (χ1n) is 11.6. The molecule has 1 aromatic heterocycles. The number of benzene rings is 1. The Morgan fingerprint density at radius 2 is 1.55 bits per heavy atom. The van der Waals surface area contributed by atoms with Crippen molar-refractivity contribution in [2.24, 2.45) is 5.10 Å². The summed E-state index contributed by atoms with van der Waals surface area (Å²) in [5.41, 5.74) is 8.17. The second-order valence-corrected chi connectivity index (χ2v) is 8.30. The topological polar surface area (TPSA) is 75.1 Å². The largest absolute Gasteiger partial charge is 0.378 e. The second-order valence-electron chi connectivity index (χ2n) is 8.30. The fraction of sp³-hybridized carbons (Fsp3) is 0.400. The molecule has 2 aromatic rings. The number of nitrogens with zero attached hydrogens (tertiary/aromatic N) is 5. The zero-order valence-electron chi connectivity index (χ0n) is 18.8. The van der Waals surface area contributed by atoms with Gasteiger partial charge in [-0.1, -0.05) is 30.3 Å². The number of aromatic nitrogens is 2. The van der Waals surface area contributed by atoms with Crippen LogP contribution in [0.4, 0.5) is 11.6 Å². The molecule has 0 radical (unpaired) electrons. The van der Waals surface area contributed by atoms with Crippen molar-refractivity contribution in [3.63, 3.8) is 0 Å². The van der Waals surface area contributed by atoms with Crippen molar-refractivity contribution in [3.8, 4) is 0 Å². The number of ether oxygens (including phenoxy) is 2. The van der Waals surface area contributed by atoms with Crippen LogP contribution >= 0.6 is 0 Å². The number of morpholine rings is 2. The van der Waals surface area contributed by atoms with Gasteiger partial charge in [-0.3, -0.25) is 5.43 Å². The maximum atomic E-state index is 5.59. The van der Waals surface area contributed by atoms with Gasteiger partial charge in [-0.2, -0.15) is 5.10 Å². The highest BCUT2D eigenvalue weighted by Gasteiger charge is 2.25. The molecule has 2 saturated heterocycles. The predicted octanol–water partition coefficient (Wildman–Crippen LogP) is 3.17. The number of anilines is 2. The van der Waals surface area contributed by atoms with E-state index in [-0.39, 0.29) is 0 Å². The lowest BCUT2D eigenvalue weighted by atomic mass is 10.1. The molecule has 0 unspecified atom stereocenters. The Morgan fingerprint density at radius 1 is 0.818 bits per heavy atom. The lowest BCUT2D eigenvalue weighted by Crippen LogP contribution is -2.36. The molecule has 8 nitrogen and oxygen atoms in total. The summed E-state index contributed by atoms with van der Waals surface area (Å²) in [4.78, 5) is 4.62. The maximum Gasteiger partial charge on any atom is 0.168 e. The van der Waals surface area contributed by atoms with E-state index in [0.717, 1.165) is 71.3 Å². The van der Waals surface area contributed by atoms with Crippen LogP contribution in [0.3, 0.4) is 0 Å². The van der Waals surface area contributed by atoms with Gasteiger partial charge in [0.2, 0.25) is 0 Å². The normalized spacial score (nSPS) is 20.8. The van der Waals surface area contributed by atoms with Crippen LogP contribution in [0.1, 0.15) is 18.4 Å². The second kappa shape index (κ2) is 10.6. The summed E-state index contributed by atoms with van der Waals surface area (Å²) in [6.07, 6.45) is 6.22. The lowest BCUT2D eigenvalue weighted by Gasteiger charge is -2.31. The molecule has 3 aliphatic rings. The van der Waals surface area contributed by atoms with E-state index in [2.05, 4.69) is 66.9 Å². The number of nitrogens with one attached hydrogen (secondary N) is 1. The minimum atomic E-state index is 0.634. The molecular weight excluding hydrogens is 416 g/mol. The average molecular weight is 447 g/mol. The number of allylic oxidation sites excluding steroid dienone is 2. The zero-order chi connectivity index (χ0) is 22.3.